The lowest BCUT2D eigenvalue weighted by Gasteiger charge is -2.25. The van der Waals surface area contributed by atoms with Crippen molar-refractivity contribution in [2.24, 2.45) is 0 Å². The number of unbranched alkanes of at least 4 members (excludes halogenated alkanes) is 1. The fraction of sp³-hybridized carbons (Fsp3) is 0.480. The third kappa shape index (κ3) is 5.74. The van der Waals surface area contributed by atoms with Gasteiger partial charge in [-0.15, -0.1) is 11.8 Å². The summed E-state index contributed by atoms with van der Waals surface area (Å²) >= 11 is 1.70. The minimum absolute atomic E-state index is 0.0522. The highest BCUT2D eigenvalue weighted by Gasteiger charge is 2.32. The number of hydrogen-bond acceptors (Lipinski definition) is 5. The average Bonchev–Trinajstić information content (AvgIpc) is 3.46. The third-order valence-electron chi connectivity index (χ3n) is 6.00. The lowest BCUT2D eigenvalue weighted by atomic mass is 10.1. The molecular formula is C25H32N2O3S. The molecule has 0 aromatic heterocycles. The fourth-order valence-electron chi connectivity index (χ4n) is 4.29. The summed E-state index contributed by atoms with van der Waals surface area (Å²) in [4.78, 5) is 17.1. The number of methoxy groups -OCH3 is 1. The lowest BCUT2D eigenvalue weighted by Crippen LogP contribution is -2.30. The molecule has 5 nitrogen and oxygen atoms in total. The summed E-state index contributed by atoms with van der Waals surface area (Å²) in [5.41, 5.74) is 2.21. The molecule has 2 heterocycles. The smallest absolute Gasteiger partial charge is 0.233 e. The molecule has 0 spiro atoms. The predicted molar refractivity (Wildman–Crippen MR) is 126 cm³/mol. The Bertz CT molecular complexity index is 855. The first-order valence-corrected chi connectivity index (χ1v) is 12.3. The first-order valence-electron chi connectivity index (χ1n) is 11.2. The topological polar surface area (TPSA) is 42.0 Å². The largest absolute Gasteiger partial charge is 0.493 e. The molecule has 2 fully saturated rings. The Kier molecular flexibility index (Phi) is 7.76. The van der Waals surface area contributed by atoms with Crippen LogP contribution in [0.2, 0.25) is 0 Å². The van der Waals surface area contributed by atoms with Crippen molar-refractivity contribution in [3.63, 3.8) is 0 Å². The van der Waals surface area contributed by atoms with Gasteiger partial charge < -0.3 is 19.3 Å². The normalized spacial score (nSPS) is 19.2. The van der Waals surface area contributed by atoms with Gasteiger partial charge in [0.1, 0.15) is 12.0 Å². The second-order valence-electron chi connectivity index (χ2n) is 8.19. The maximum Gasteiger partial charge on any atom is 0.233 e. The Morgan fingerprint density at radius 3 is 2.55 bits per heavy atom. The summed E-state index contributed by atoms with van der Waals surface area (Å²) in [7, 11) is 1.66. The van der Waals surface area contributed by atoms with Crippen LogP contribution in [-0.2, 0) is 11.4 Å². The van der Waals surface area contributed by atoms with Crippen molar-refractivity contribution in [1.29, 1.82) is 0 Å². The van der Waals surface area contributed by atoms with Crippen LogP contribution in [0.4, 0.5) is 0 Å². The molecule has 1 amide bonds. The Morgan fingerprint density at radius 2 is 1.77 bits per heavy atom. The van der Waals surface area contributed by atoms with Gasteiger partial charge in [0.2, 0.25) is 5.91 Å². The highest BCUT2D eigenvalue weighted by Crippen LogP contribution is 2.41. The van der Waals surface area contributed by atoms with Crippen molar-refractivity contribution in [3.8, 4) is 11.5 Å². The van der Waals surface area contributed by atoms with Crippen LogP contribution in [0.5, 0.6) is 11.5 Å². The monoisotopic (exact) mass is 440 g/mol. The summed E-state index contributed by atoms with van der Waals surface area (Å²) in [5, 5.41) is 0.0522. The molecule has 2 aliphatic heterocycles. The van der Waals surface area contributed by atoms with E-state index in [9.17, 15) is 4.79 Å². The number of benzene rings is 2. The van der Waals surface area contributed by atoms with Crippen molar-refractivity contribution < 1.29 is 14.3 Å². The van der Waals surface area contributed by atoms with Gasteiger partial charge in [-0.25, -0.2) is 0 Å². The van der Waals surface area contributed by atoms with E-state index in [1.807, 2.05) is 47.4 Å². The molecule has 2 aliphatic rings. The minimum Gasteiger partial charge on any atom is -0.493 e. The molecule has 2 saturated heterocycles. The zero-order valence-electron chi connectivity index (χ0n) is 18.3. The number of hydrogen-bond donors (Lipinski definition) is 0. The van der Waals surface area contributed by atoms with Crippen LogP contribution in [0.3, 0.4) is 0 Å². The molecule has 31 heavy (non-hydrogen) atoms. The van der Waals surface area contributed by atoms with Crippen LogP contribution in [0.1, 0.15) is 42.2 Å². The van der Waals surface area contributed by atoms with Crippen molar-refractivity contribution in [1.82, 2.24) is 9.80 Å². The first kappa shape index (κ1) is 22.0. The van der Waals surface area contributed by atoms with Gasteiger partial charge in [-0.3, -0.25) is 4.79 Å². The van der Waals surface area contributed by atoms with Gasteiger partial charge in [0, 0.05) is 6.54 Å². The Labute approximate surface area is 189 Å². The zero-order chi connectivity index (χ0) is 21.5. The molecule has 166 valence electrons. The predicted octanol–water partition coefficient (Wildman–Crippen LogP) is 4.72. The number of nitrogens with zero attached hydrogens (tertiary/aromatic N) is 2. The van der Waals surface area contributed by atoms with E-state index in [4.69, 9.17) is 9.47 Å². The quantitative estimate of drug-likeness (QED) is 0.500. The van der Waals surface area contributed by atoms with E-state index in [0.29, 0.717) is 18.1 Å². The number of carbonyl (C=O) groups excluding carboxylic acids is 1. The maximum atomic E-state index is 12.5. The Morgan fingerprint density at radius 1 is 1.00 bits per heavy atom. The highest BCUT2D eigenvalue weighted by molar-refractivity contribution is 8.00. The van der Waals surface area contributed by atoms with E-state index >= 15 is 0 Å². The van der Waals surface area contributed by atoms with E-state index in [1.54, 1.807) is 18.9 Å². The molecular weight excluding hydrogens is 408 g/mol. The summed E-state index contributed by atoms with van der Waals surface area (Å²) in [6, 6.07) is 16.2. The van der Waals surface area contributed by atoms with Gasteiger partial charge in [0.15, 0.2) is 11.5 Å². The van der Waals surface area contributed by atoms with Crippen LogP contribution in [0, 0.1) is 0 Å². The summed E-state index contributed by atoms with van der Waals surface area (Å²) in [5.74, 6) is 2.22. The van der Waals surface area contributed by atoms with Crippen LogP contribution < -0.4 is 9.47 Å². The molecule has 6 heteroatoms. The molecule has 2 aromatic carbocycles. The van der Waals surface area contributed by atoms with Gasteiger partial charge in [-0.05, 0) is 68.6 Å². The summed E-state index contributed by atoms with van der Waals surface area (Å²) in [6.45, 7) is 4.94. The molecule has 0 radical (unpaired) electrons. The summed E-state index contributed by atoms with van der Waals surface area (Å²) in [6.07, 6.45) is 4.86. The number of rotatable bonds is 10. The Balaban J connectivity index is 1.36. The Hall–Kier alpha value is -2.18. The first-order chi connectivity index (χ1) is 15.2. The second-order valence-corrected chi connectivity index (χ2v) is 9.26. The van der Waals surface area contributed by atoms with Crippen molar-refractivity contribution in [2.45, 2.75) is 37.7 Å². The third-order valence-corrected chi connectivity index (χ3v) is 7.26. The molecule has 0 saturated carbocycles. The highest BCUT2D eigenvalue weighted by atomic mass is 32.2. The van der Waals surface area contributed by atoms with E-state index in [0.717, 1.165) is 42.8 Å². The summed E-state index contributed by atoms with van der Waals surface area (Å²) < 4.78 is 11.6. The van der Waals surface area contributed by atoms with Crippen molar-refractivity contribution in [2.75, 3.05) is 39.0 Å². The average molecular weight is 441 g/mol. The fourth-order valence-corrected chi connectivity index (χ4v) is 5.50. The van der Waals surface area contributed by atoms with E-state index in [1.165, 1.54) is 25.9 Å². The molecule has 0 aliphatic carbocycles. The minimum atomic E-state index is 0.0522. The number of thioether (sulfide) groups is 1. The molecule has 4 rings (SSSR count). The van der Waals surface area contributed by atoms with E-state index in [-0.39, 0.29) is 11.3 Å². The second kappa shape index (κ2) is 10.9. The van der Waals surface area contributed by atoms with E-state index in [2.05, 4.69) is 11.0 Å². The SMILES string of the molecule is COc1cc(C2SCC(=O)N2CCCCN2CCCC2)ccc1OCc1ccccc1. The number of carbonyl (C=O) groups is 1. The van der Waals surface area contributed by atoms with Gasteiger partial charge >= 0.3 is 0 Å². The molecule has 0 N–H and O–H groups in total. The van der Waals surface area contributed by atoms with Crippen LogP contribution in [0.25, 0.3) is 0 Å². The maximum absolute atomic E-state index is 12.5. The van der Waals surface area contributed by atoms with Crippen molar-refractivity contribution >= 4 is 17.7 Å². The molecule has 1 atom stereocenters. The zero-order valence-corrected chi connectivity index (χ0v) is 19.1. The van der Waals surface area contributed by atoms with Crippen LogP contribution in [0.15, 0.2) is 48.5 Å². The van der Waals surface area contributed by atoms with Gasteiger partial charge in [-0.1, -0.05) is 36.4 Å². The van der Waals surface area contributed by atoms with Gasteiger partial charge in [0.25, 0.3) is 0 Å². The van der Waals surface area contributed by atoms with Crippen molar-refractivity contribution in [3.05, 3.63) is 59.7 Å². The van der Waals surface area contributed by atoms with Gasteiger partial charge in [-0.2, -0.15) is 0 Å². The number of likely N-dealkylation sites (tertiary alicyclic amines) is 1. The van der Waals surface area contributed by atoms with Gasteiger partial charge in [0.05, 0.1) is 12.9 Å². The van der Waals surface area contributed by atoms with Crippen LogP contribution in [-0.4, -0.2) is 54.7 Å². The standard InChI is InChI=1S/C25H32N2O3S/c1-29-23-17-21(11-12-22(23)30-18-20-9-3-2-4-10-20)25-27(24(28)19-31-25)16-8-7-15-26-13-5-6-14-26/h2-4,9-12,17,25H,5-8,13-16,18-19H2,1H3. The number of ether oxygens (including phenoxy) is 2. The lowest BCUT2D eigenvalue weighted by molar-refractivity contribution is -0.128. The van der Waals surface area contributed by atoms with E-state index < -0.39 is 0 Å². The van der Waals surface area contributed by atoms with Crippen LogP contribution >= 0.6 is 11.8 Å². The number of amides is 1. The molecule has 0 bridgehead atoms. The molecule has 1 unspecified atom stereocenters. The molecule has 2 aromatic rings.